The molecule has 0 N–H and O–H groups in total. The molecule has 2 rings (SSSR count). The van der Waals surface area contributed by atoms with Crippen molar-refractivity contribution in [2.45, 2.75) is 83.8 Å². The average molecular weight is 319 g/mol. The van der Waals surface area contributed by atoms with Gasteiger partial charge >= 0.3 is 0 Å². The van der Waals surface area contributed by atoms with Gasteiger partial charge in [0.1, 0.15) is 6.10 Å². The van der Waals surface area contributed by atoms with Crippen LogP contribution < -0.4 is 0 Å². The lowest BCUT2D eigenvalue weighted by Crippen LogP contribution is -2.31. The van der Waals surface area contributed by atoms with Crippen molar-refractivity contribution >= 4 is 0 Å². The maximum absolute atomic E-state index is 6.04. The van der Waals surface area contributed by atoms with E-state index < -0.39 is 0 Å². The van der Waals surface area contributed by atoms with Crippen LogP contribution in [-0.4, -0.2) is 19.3 Å². The fourth-order valence-electron chi connectivity index (χ4n) is 3.18. The van der Waals surface area contributed by atoms with Crippen molar-refractivity contribution in [2.75, 3.05) is 13.2 Å². The van der Waals surface area contributed by atoms with Gasteiger partial charge in [-0.25, -0.2) is 0 Å². The van der Waals surface area contributed by atoms with E-state index in [0.29, 0.717) is 12.7 Å². The van der Waals surface area contributed by atoms with Crippen LogP contribution in [0.1, 0.15) is 82.4 Å². The topological polar surface area (TPSA) is 18.5 Å². The normalized spacial score (nSPS) is 21.5. The van der Waals surface area contributed by atoms with Crippen molar-refractivity contribution in [1.82, 2.24) is 0 Å². The largest absolute Gasteiger partial charge is 0.373 e. The number of hydrogen-bond donors (Lipinski definition) is 0. The van der Waals surface area contributed by atoms with Crippen LogP contribution >= 0.6 is 0 Å². The second-order valence-corrected chi connectivity index (χ2v) is 6.83. The molecule has 0 bridgehead atoms. The van der Waals surface area contributed by atoms with Crippen LogP contribution in [0.4, 0.5) is 0 Å². The molecule has 1 fully saturated rings. The molecule has 0 aliphatic carbocycles. The van der Waals surface area contributed by atoms with Gasteiger partial charge < -0.3 is 9.47 Å². The first-order valence-corrected chi connectivity index (χ1v) is 9.65. The van der Waals surface area contributed by atoms with Crippen molar-refractivity contribution in [2.24, 2.45) is 0 Å². The molecule has 2 atom stereocenters. The summed E-state index contributed by atoms with van der Waals surface area (Å²) in [5.74, 6) is 0. The Morgan fingerprint density at radius 1 is 0.826 bits per heavy atom. The lowest BCUT2D eigenvalue weighted by atomic mass is 10.0. The Balaban J connectivity index is 1.71. The van der Waals surface area contributed by atoms with Crippen LogP contribution in [0, 0.1) is 0 Å². The summed E-state index contributed by atoms with van der Waals surface area (Å²) in [6.07, 6.45) is 11.9. The Kier molecular flexibility index (Phi) is 8.70. The average Bonchev–Trinajstić information content (AvgIpc) is 2.60. The fourth-order valence-corrected chi connectivity index (χ4v) is 3.18. The molecule has 1 saturated heterocycles. The molecule has 0 saturated carbocycles. The third kappa shape index (κ3) is 6.64. The Morgan fingerprint density at radius 2 is 1.57 bits per heavy atom. The molecular formula is C21H34O2. The summed E-state index contributed by atoms with van der Waals surface area (Å²) in [6.45, 7) is 5.94. The smallest absolute Gasteiger partial charge is 0.106 e. The Hall–Kier alpha value is -0.860. The first-order valence-electron chi connectivity index (χ1n) is 9.65. The molecule has 1 aromatic carbocycles. The van der Waals surface area contributed by atoms with E-state index in [4.69, 9.17) is 9.47 Å². The molecule has 23 heavy (non-hydrogen) atoms. The third-order valence-electron chi connectivity index (χ3n) is 4.77. The molecule has 1 heterocycles. The van der Waals surface area contributed by atoms with Gasteiger partial charge in [-0.05, 0) is 30.4 Å². The predicted molar refractivity (Wildman–Crippen MR) is 96.9 cm³/mol. The van der Waals surface area contributed by atoms with Crippen molar-refractivity contribution in [3.63, 3.8) is 0 Å². The lowest BCUT2D eigenvalue weighted by molar-refractivity contribution is -0.137. The molecule has 0 amide bonds. The second kappa shape index (κ2) is 10.8. The van der Waals surface area contributed by atoms with Gasteiger partial charge in [0.05, 0.1) is 19.3 Å². The summed E-state index contributed by atoms with van der Waals surface area (Å²) in [5.41, 5.74) is 2.70. The molecule has 2 heteroatoms. The van der Waals surface area contributed by atoms with Crippen LogP contribution in [-0.2, 0) is 15.9 Å². The molecule has 130 valence electrons. The summed E-state index contributed by atoms with van der Waals surface area (Å²) >= 11 is 0. The summed E-state index contributed by atoms with van der Waals surface area (Å²) in [6, 6.07) is 8.97. The standard InChI is InChI=1S/C21H34O2/c1-3-5-7-9-10-18-12-14-19(15-13-18)21-17-22-20(16-23-21)11-8-6-4-2/h12-15,20-21H,3-11,16-17H2,1-2H3/t20-,21-/m0/s1. The molecular weight excluding hydrogens is 284 g/mol. The lowest BCUT2D eigenvalue weighted by Gasteiger charge is -2.30. The number of unbranched alkanes of at least 4 members (excludes halogenated alkanes) is 5. The van der Waals surface area contributed by atoms with E-state index in [-0.39, 0.29) is 6.10 Å². The molecule has 2 nitrogen and oxygen atoms in total. The van der Waals surface area contributed by atoms with Gasteiger partial charge in [-0.15, -0.1) is 0 Å². The first-order chi connectivity index (χ1) is 11.3. The summed E-state index contributed by atoms with van der Waals surface area (Å²) < 4.78 is 12.0. The highest BCUT2D eigenvalue weighted by atomic mass is 16.6. The number of rotatable bonds is 10. The monoisotopic (exact) mass is 318 g/mol. The van der Waals surface area contributed by atoms with E-state index in [0.717, 1.165) is 13.0 Å². The van der Waals surface area contributed by atoms with Gasteiger partial charge in [-0.3, -0.25) is 0 Å². The van der Waals surface area contributed by atoms with E-state index in [1.807, 2.05) is 0 Å². The highest BCUT2D eigenvalue weighted by Gasteiger charge is 2.23. The maximum Gasteiger partial charge on any atom is 0.106 e. The van der Waals surface area contributed by atoms with E-state index in [2.05, 4.69) is 38.1 Å². The minimum Gasteiger partial charge on any atom is -0.373 e. The zero-order valence-electron chi connectivity index (χ0n) is 15.1. The number of ether oxygens (including phenoxy) is 2. The highest BCUT2D eigenvalue weighted by Crippen LogP contribution is 2.25. The van der Waals surface area contributed by atoms with Crippen molar-refractivity contribution in [1.29, 1.82) is 0 Å². The molecule has 0 spiro atoms. The second-order valence-electron chi connectivity index (χ2n) is 6.83. The first kappa shape index (κ1) is 18.5. The highest BCUT2D eigenvalue weighted by molar-refractivity contribution is 5.24. The van der Waals surface area contributed by atoms with E-state index in [9.17, 15) is 0 Å². The summed E-state index contributed by atoms with van der Waals surface area (Å²) in [7, 11) is 0. The minimum absolute atomic E-state index is 0.117. The van der Waals surface area contributed by atoms with Crippen LogP contribution in [0.3, 0.4) is 0 Å². The quantitative estimate of drug-likeness (QED) is 0.504. The number of benzene rings is 1. The van der Waals surface area contributed by atoms with Crippen molar-refractivity contribution in [3.8, 4) is 0 Å². The van der Waals surface area contributed by atoms with Crippen LogP contribution in [0.25, 0.3) is 0 Å². The number of hydrogen-bond acceptors (Lipinski definition) is 2. The summed E-state index contributed by atoms with van der Waals surface area (Å²) in [5, 5.41) is 0. The van der Waals surface area contributed by atoms with Gasteiger partial charge in [-0.1, -0.05) is 76.6 Å². The molecule has 1 aromatic rings. The molecule has 1 aliphatic heterocycles. The zero-order valence-corrected chi connectivity index (χ0v) is 15.1. The van der Waals surface area contributed by atoms with E-state index in [1.54, 1.807) is 0 Å². The van der Waals surface area contributed by atoms with Crippen LogP contribution in [0.2, 0.25) is 0 Å². The third-order valence-corrected chi connectivity index (χ3v) is 4.77. The molecule has 1 aliphatic rings. The minimum atomic E-state index is 0.117. The van der Waals surface area contributed by atoms with Gasteiger partial charge in [0.25, 0.3) is 0 Å². The van der Waals surface area contributed by atoms with Gasteiger partial charge in [0.15, 0.2) is 0 Å². The van der Waals surface area contributed by atoms with Crippen molar-refractivity contribution in [3.05, 3.63) is 35.4 Å². The Labute approximate surface area is 142 Å². The molecule has 0 unspecified atom stereocenters. The van der Waals surface area contributed by atoms with Gasteiger partial charge in [-0.2, -0.15) is 0 Å². The van der Waals surface area contributed by atoms with Crippen molar-refractivity contribution < 1.29 is 9.47 Å². The SMILES string of the molecule is CCCCCCc1ccc([C@@H]2CO[C@@H](CCCCC)CO2)cc1. The predicted octanol–water partition coefficient (Wildman–Crippen LogP) is 5.85. The Bertz CT molecular complexity index is 404. The van der Waals surface area contributed by atoms with Crippen LogP contribution in [0.15, 0.2) is 24.3 Å². The van der Waals surface area contributed by atoms with Crippen LogP contribution in [0.5, 0.6) is 0 Å². The van der Waals surface area contributed by atoms with E-state index in [1.165, 1.54) is 62.5 Å². The zero-order chi connectivity index (χ0) is 16.3. The molecule has 0 aromatic heterocycles. The molecule has 0 radical (unpaired) electrons. The summed E-state index contributed by atoms with van der Waals surface area (Å²) in [4.78, 5) is 0. The van der Waals surface area contributed by atoms with Gasteiger partial charge in [0, 0.05) is 0 Å². The maximum atomic E-state index is 6.04. The Morgan fingerprint density at radius 3 is 2.22 bits per heavy atom. The van der Waals surface area contributed by atoms with E-state index >= 15 is 0 Å². The van der Waals surface area contributed by atoms with Gasteiger partial charge in [0.2, 0.25) is 0 Å². The fraction of sp³-hybridized carbons (Fsp3) is 0.714. The number of aryl methyl sites for hydroxylation is 1.